The van der Waals surface area contributed by atoms with Crippen molar-refractivity contribution in [3.63, 3.8) is 0 Å². The number of aromatic nitrogens is 1. The Morgan fingerprint density at radius 1 is 0.542 bits per heavy atom. The predicted molar refractivity (Wildman–Crippen MR) is 201 cm³/mol. The van der Waals surface area contributed by atoms with E-state index in [0.717, 1.165) is 68.1 Å². The molecule has 0 fully saturated rings. The number of benzene rings is 7. The van der Waals surface area contributed by atoms with Crippen LogP contribution in [0, 0.1) is 0 Å². The maximum absolute atomic E-state index is 6.47. The minimum absolute atomic E-state index is 0.639. The van der Waals surface area contributed by atoms with E-state index in [1.807, 2.05) is 30.3 Å². The van der Waals surface area contributed by atoms with Crippen LogP contribution in [0.15, 0.2) is 174 Å². The van der Waals surface area contributed by atoms with Crippen LogP contribution < -0.4 is 4.90 Å². The van der Waals surface area contributed by atoms with Gasteiger partial charge in [0.1, 0.15) is 5.52 Å². The van der Waals surface area contributed by atoms with Gasteiger partial charge in [0, 0.05) is 28.0 Å². The Kier molecular flexibility index (Phi) is 6.94. The Bertz CT molecular complexity index is 2470. The summed E-state index contributed by atoms with van der Waals surface area (Å²) in [5, 5.41) is 4.51. The van der Waals surface area contributed by atoms with Gasteiger partial charge in [0.2, 0.25) is 5.89 Å². The molecule has 0 saturated carbocycles. The number of hydrogen-bond acceptors (Lipinski definition) is 3. The molecule has 8 aromatic rings. The summed E-state index contributed by atoms with van der Waals surface area (Å²) < 4.78 is 6.47. The highest BCUT2D eigenvalue weighted by molar-refractivity contribution is 6.18. The maximum atomic E-state index is 6.47. The van der Waals surface area contributed by atoms with Crippen molar-refractivity contribution < 1.29 is 4.42 Å². The lowest BCUT2D eigenvalue weighted by atomic mass is 9.97. The van der Waals surface area contributed by atoms with Gasteiger partial charge < -0.3 is 9.32 Å². The molecule has 0 atom stereocenters. The van der Waals surface area contributed by atoms with Gasteiger partial charge in [0.05, 0.1) is 0 Å². The molecule has 0 spiro atoms. The average Bonchev–Trinajstić information content (AvgIpc) is 3.61. The number of oxazole rings is 1. The lowest BCUT2D eigenvalue weighted by Gasteiger charge is -2.26. The van der Waals surface area contributed by atoms with Crippen molar-refractivity contribution in [1.29, 1.82) is 0 Å². The quantitative estimate of drug-likeness (QED) is 0.174. The number of allylic oxidation sites excluding steroid dienone is 4. The van der Waals surface area contributed by atoms with E-state index in [4.69, 9.17) is 9.40 Å². The molecule has 0 aliphatic heterocycles. The molecule has 3 nitrogen and oxygen atoms in total. The van der Waals surface area contributed by atoms with E-state index in [1.54, 1.807) is 0 Å². The van der Waals surface area contributed by atoms with Gasteiger partial charge in [-0.15, -0.1) is 0 Å². The van der Waals surface area contributed by atoms with Gasteiger partial charge >= 0.3 is 0 Å². The molecular weight excluding hydrogens is 585 g/mol. The van der Waals surface area contributed by atoms with E-state index >= 15 is 0 Å². The summed E-state index contributed by atoms with van der Waals surface area (Å²) in [7, 11) is 0. The molecule has 0 saturated heterocycles. The number of anilines is 3. The van der Waals surface area contributed by atoms with Crippen molar-refractivity contribution in [2.24, 2.45) is 0 Å². The molecule has 0 bridgehead atoms. The molecule has 228 valence electrons. The molecule has 0 radical (unpaired) electrons. The van der Waals surface area contributed by atoms with Crippen LogP contribution in [-0.4, -0.2) is 4.98 Å². The van der Waals surface area contributed by atoms with E-state index in [9.17, 15) is 0 Å². The highest BCUT2D eigenvalue weighted by Crippen LogP contribution is 2.40. The zero-order valence-electron chi connectivity index (χ0n) is 26.4. The van der Waals surface area contributed by atoms with Crippen molar-refractivity contribution in [2.45, 2.75) is 12.8 Å². The van der Waals surface area contributed by atoms with Crippen LogP contribution in [0.1, 0.15) is 18.4 Å². The zero-order chi connectivity index (χ0) is 31.9. The van der Waals surface area contributed by atoms with Crippen LogP contribution in [0.2, 0.25) is 0 Å². The first-order valence-corrected chi connectivity index (χ1v) is 16.5. The Morgan fingerprint density at radius 2 is 1.17 bits per heavy atom. The molecule has 0 unspecified atom stereocenters. The van der Waals surface area contributed by atoms with Gasteiger partial charge in [-0.3, -0.25) is 0 Å². The molecule has 1 aliphatic rings. The summed E-state index contributed by atoms with van der Waals surface area (Å²) in [6, 6.07) is 53.8. The molecule has 0 amide bonds. The molecular formula is C45H32N2O. The number of rotatable bonds is 6. The van der Waals surface area contributed by atoms with Gasteiger partial charge in [-0.25, -0.2) is 4.98 Å². The first-order chi connectivity index (χ1) is 23.8. The number of hydrogen-bond donors (Lipinski definition) is 0. The minimum Gasteiger partial charge on any atom is -0.435 e. The zero-order valence-corrected chi connectivity index (χ0v) is 26.4. The highest BCUT2D eigenvalue weighted by Gasteiger charge is 2.17. The van der Waals surface area contributed by atoms with Gasteiger partial charge in [0.15, 0.2) is 5.58 Å². The van der Waals surface area contributed by atoms with Crippen molar-refractivity contribution >= 4 is 55.3 Å². The van der Waals surface area contributed by atoms with Gasteiger partial charge in [-0.05, 0) is 106 Å². The number of nitrogens with zero attached hydrogens (tertiary/aromatic N) is 2. The van der Waals surface area contributed by atoms with Gasteiger partial charge in [-0.2, -0.15) is 0 Å². The number of fused-ring (bicyclic) bond motifs is 5. The molecule has 1 aromatic heterocycles. The molecule has 1 heterocycles. The normalized spacial score (nSPS) is 12.9. The third-order valence-corrected chi connectivity index (χ3v) is 9.36. The topological polar surface area (TPSA) is 29.3 Å². The van der Waals surface area contributed by atoms with E-state index in [-0.39, 0.29) is 0 Å². The second kappa shape index (κ2) is 11.9. The predicted octanol–water partition coefficient (Wildman–Crippen LogP) is 12.7. The fourth-order valence-corrected chi connectivity index (χ4v) is 6.91. The fourth-order valence-electron chi connectivity index (χ4n) is 6.91. The maximum Gasteiger partial charge on any atom is 0.227 e. The fraction of sp³-hybridized carbons (Fsp3) is 0.0444. The smallest absolute Gasteiger partial charge is 0.227 e. The van der Waals surface area contributed by atoms with Crippen molar-refractivity contribution in [3.8, 4) is 22.6 Å². The summed E-state index contributed by atoms with van der Waals surface area (Å²) in [5.74, 6) is 0.639. The SMILES string of the molecule is C1=CCCC(c2ccc(N(c3ccc(-c4ccccc4)cc3)c3ccc4c(ccc5ccc6nc(-c7ccccc7)oc6c54)c3)cc2)=C1. The molecule has 48 heavy (non-hydrogen) atoms. The summed E-state index contributed by atoms with van der Waals surface area (Å²) in [5.41, 5.74) is 11.0. The van der Waals surface area contributed by atoms with Gasteiger partial charge in [-0.1, -0.05) is 115 Å². The third-order valence-electron chi connectivity index (χ3n) is 9.36. The van der Waals surface area contributed by atoms with Gasteiger partial charge in [0.25, 0.3) is 0 Å². The Labute approximate surface area is 279 Å². The standard InChI is InChI=1S/C45H32N2O/c1-4-10-31(11-5-1)33-18-23-38(24-19-33)47(39-25-20-34(21-26-39)32-12-6-2-7-13-32)40-27-28-41-37(30-40)17-16-35-22-29-42-44(43(35)41)48-45(46-42)36-14-8-3-9-15-36/h1-6,8-12,14-30H,7,13H2. The second-order valence-corrected chi connectivity index (χ2v) is 12.3. The largest absolute Gasteiger partial charge is 0.435 e. The molecule has 0 N–H and O–H groups in total. The van der Waals surface area contributed by atoms with Crippen LogP contribution in [-0.2, 0) is 0 Å². The monoisotopic (exact) mass is 616 g/mol. The van der Waals surface area contributed by atoms with Crippen LogP contribution in [0.25, 0.3) is 60.8 Å². The van der Waals surface area contributed by atoms with Crippen LogP contribution in [0.3, 0.4) is 0 Å². The highest BCUT2D eigenvalue weighted by atomic mass is 16.3. The summed E-state index contributed by atoms with van der Waals surface area (Å²) >= 11 is 0. The van der Waals surface area contributed by atoms with E-state index in [1.165, 1.54) is 22.3 Å². The molecule has 9 rings (SSSR count). The van der Waals surface area contributed by atoms with Crippen molar-refractivity contribution in [1.82, 2.24) is 4.98 Å². The van der Waals surface area contributed by atoms with E-state index < -0.39 is 0 Å². The van der Waals surface area contributed by atoms with Crippen molar-refractivity contribution in [3.05, 3.63) is 175 Å². The first-order valence-electron chi connectivity index (χ1n) is 16.5. The molecule has 1 aliphatic carbocycles. The average molecular weight is 617 g/mol. The van der Waals surface area contributed by atoms with Crippen LogP contribution >= 0.6 is 0 Å². The van der Waals surface area contributed by atoms with Crippen molar-refractivity contribution in [2.75, 3.05) is 4.90 Å². The van der Waals surface area contributed by atoms with Crippen LogP contribution in [0.5, 0.6) is 0 Å². The Hall–Kier alpha value is -6.19. The lowest BCUT2D eigenvalue weighted by molar-refractivity contribution is 0.623. The lowest BCUT2D eigenvalue weighted by Crippen LogP contribution is -2.10. The summed E-state index contributed by atoms with van der Waals surface area (Å²) in [6.45, 7) is 0. The Balaban J connectivity index is 1.17. The van der Waals surface area contributed by atoms with Crippen LogP contribution in [0.4, 0.5) is 17.1 Å². The third kappa shape index (κ3) is 5.06. The second-order valence-electron chi connectivity index (χ2n) is 12.3. The summed E-state index contributed by atoms with van der Waals surface area (Å²) in [6.07, 6.45) is 8.80. The van der Waals surface area contributed by atoms with E-state index in [2.05, 4.69) is 144 Å². The van der Waals surface area contributed by atoms with E-state index in [0.29, 0.717) is 5.89 Å². The first kappa shape index (κ1) is 28.1. The minimum atomic E-state index is 0.639. The molecule has 7 aromatic carbocycles. The Morgan fingerprint density at radius 3 is 1.88 bits per heavy atom. The summed E-state index contributed by atoms with van der Waals surface area (Å²) in [4.78, 5) is 7.20. The molecule has 3 heteroatoms.